The molecule has 1 aromatic carbocycles. The lowest BCUT2D eigenvalue weighted by Crippen LogP contribution is -2.47. The molecule has 6 heteroatoms. The fraction of sp³-hybridized carbons (Fsp3) is 0.462. The predicted octanol–water partition coefficient (Wildman–Crippen LogP) is 1.01. The van der Waals surface area contributed by atoms with Crippen LogP contribution in [0.1, 0.15) is 0 Å². The largest absolute Gasteiger partial charge is 0.491 e. The fourth-order valence-electron chi connectivity index (χ4n) is 1.97. The van der Waals surface area contributed by atoms with Gasteiger partial charge in [0, 0.05) is 17.6 Å². The third-order valence-electron chi connectivity index (χ3n) is 2.85. The molecule has 104 valence electrons. The molecule has 0 aromatic heterocycles. The van der Waals surface area contributed by atoms with E-state index in [-0.39, 0.29) is 18.6 Å². The molecule has 1 aliphatic rings. The van der Waals surface area contributed by atoms with Gasteiger partial charge in [-0.2, -0.15) is 0 Å². The number of benzene rings is 1. The number of carbonyl (C=O) groups is 1. The number of hydrogen-bond donors (Lipinski definition) is 1. The van der Waals surface area contributed by atoms with Crippen LogP contribution in [0.3, 0.4) is 0 Å². The minimum Gasteiger partial charge on any atom is -0.491 e. The molecule has 0 radical (unpaired) electrons. The Bertz CT molecular complexity index is 424. The molecular weight excluding hydrogens is 312 g/mol. The minimum absolute atomic E-state index is 0.0308. The average molecular weight is 329 g/mol. The molecular formula is C13H17BrN2O3. The molecule has 0 saturated carbocycles. The minimum atomic E-state index is -0.311. The fourth-order valence-corrected chi connectivity index (χ4v) is 2.23. The second-order valence-electron chi connectivity index (χ2n) is 4.46. The maximum Gasteiger partial charge on any atom is 0.231 e. The first-order chi connectivity index (χ1) is 9.13. The molecule has 0 unspecified atom stereocenters. The Hall–Kier alpha value is -1.11. The number of nitrogens with two attached hydrogens (primary N) is 1. The highest BCUT2D eigenvalue weighted by atomic mass is 79.9. The molecule has 2 rings (SSSR count). The molecule has 1 aliphatic heterocycles. The van der Waals surface area contributed by atoms with E-state index in [1.165, 1.54) is 0 Å². The average Bonchev–Trinajstić information content (AvgIpc) is 2.38. The highest BCUT2D eigenvalue weighted by molar-refractivity contribution is 9.10. The van der Waals surface area contributed by atoms with E-state index in [2.05, 4.69) is 15.9 Å². The predicted molar refractivity (Wildman–Crippen MR) is 75.0 cm³/mol. The molecule has 0 spiro atoms. The second-order valence-corrected chi connectivity index (χ2v) is 5.37. The molecule has 1 heterocycles. The molecule has 1 aromatic rings. The van der Waals surface area contributed by atoms with Crippen LogP contribution in [0.5, 0.6) is 5.75 Å². The number of rotatable bonds is 5. The highest BCUT2D eigenvalue weighted by Crippen LogP contribution is 2.17. The summed E-state index contributed by atoms with van der Waals surface area (Å²) in [7, 11) is 0. The van der Waals surface area contributed by atoms with Crippen molar-refractivity contribution in [3.63, 3.8) is 0 Å². The number of morpholine rings is 1. The van der Waals surface area contributed by atoms with Crippen LogP contribution in [-0.4, -0.2) is 49.8 Å². The first-order valence-electron chi connectivity index (χ1n) is 6.14. The number of hydrogen-bond acceptors (Lipinski definition) is 4. The highest BCUT2D eigenvalue weighted by Gasteiger charge is 2.21. The van der Waals surface area contributed by atoms with Crippen LogP contribution in [0, 0.1) is 0 Å². The lowest BCUT2D eigenvalue weighted by Gasteiger charge is -2.31. The van der Waals surface area contributed by atoms with E-state index in [9.17, 15) is 4.79 Å². The zero-order valence-electron chi connectivity index (χ0n) is 10.5. The molecule has 0 aliphatic carbocycles. The lowest BCUT2D eigenvalue weighted by atomic mass is 10.3. The van der Waals surface area contributed by atoms with Crippen molar-refractivity contribution >= 4 is 21.8 Å². The van der Waals surface area contributed by atoms with Gasteiger partial charge in [-0.1, -0.05) is 15.9 Å². The van der Waals surface area contributed by atoms with E-state index in [0.29, 0.717) is 19.8 Å². The van der Waals surface area contributed by atoms with Gasteiger partial charge in [-0.05, 0) is 24.3 Å². The smallest absolute Gasteiger partial charge is 0.231 e. The number of primary amides is 1. The lowest BCUT2D eigenvalue weighted by molar-refractivity contribution is -0.121. The van der Waals surface area contributed by atoms with Gasteiger partial charge in [0.1, 0.15) is 18.5 Å². The molecule has 1 saturated heterocycles. The van der Waals surface area contributed by atoms with Gasteiger partial charge in [0.2, 0.25) is 5.91 Å². The maximum atomic E-state index is 10.9. The molecule has 1 amide bonds. The zero-order chi connectivity index (χ0) is 13.7. The molecule has 0 bridgehead atoms. The molecule has 1 fully saturated rings. The van der Waals surface area contributed by atoms with Gasteiger partial charge in [0.05, 0.1) is 13.2 Å². The van der Waals surface area contributed by atoms with Crippen molar-refractivity contribution in [2.75, 3.05) is 32.8 Å². The third-order valence-corrected chi connectivity index (χ3v) is 3.38. The SMILES string of the molecule is NC(=O)CN1CCO[C@H](COc2ccc(Br)cc2)C1. The van der Waals surface area contributed by atoms with Crippen molar-refractivity contribution in [2.45, 2.75) is 6.10 Å². The molecule has 19 heavy (non-hydrogen) atoms. The van der Waals surface area contributed by atoms with Crippen LogP contribution in [-0.2, 0) is 9.53 Å². The van der Waals surface area contributed by atoms with Crippen molar-refractivity contribution in [3.8, 4) is 5.75 Å². The Morgan fingerprint density at radius 1 is 1.47 bits per heavy atom. The van der Waals surface area contributed by atoms with Crippen molar-refractivity contribution in [1.82, 2.24) is 4.90 Å². The number of nitrogens with zero attached hydrogens (tertiary/aromatic N) is 1. The third kappa shape index (κ3) is 4.81. The summed E-state index contributed by atoms with van der Waals surface area (Å²) in [6.45, 7) is 2.74. The Morgan fingerprint density at radius 2 is 2.21 bits per heavy atom. The quantitative estimate of drug-likeness (QED) is 0.876. The summed E-state index contributed by atoms with van der Waals surface area (Å²) in [6, 6.07) is 7.65. The van der Waals surface area contributed by atoms with E-state index in [0.717, 1.165) is 16.8 Å². The first kappa shape index (κ1) is 14.3. The summed E-state index contributed by atoms with van der Waals surface area (Å²) in [5.41, 5.74) is 5.19. The Labute approximate surface area is 120 Å². The van der Waals surface area contributed by atoms with Crippen LogP contribution in [0.25, 0.3) is 0 Å². The van der Waals surface area contributed by atoms with Crippen LogP contribution in [0.15, 0.2) is 28.7 Å². The van der Waals surface area contributed by atoms with E-state index in [1.54, 1.807) is 0 Å². The summed E-state index contributed by atoms with van der Waals surface area (Å²) < 4.78 is 12.3. The summed E-state index contributed by atoms with van der Waals surface area (Å²) in [4.78, 5) is 12.9. The van der Waals surface area contributed by atoms with Gasteiger partial charge in [-0.15, -0.1) is 0 Å². The molecule has 5 nitrogen and oxygen atoms in total. The Balaban J connectivity index is 1.79. The normalized spacial score (nSPS) is 20.2. The molecule has 1 atom stereocenters. The van der Waals surface area contributed by atoms with Crippen molar-refractivity contribution < 1.29 is 14.3 Å². The van der Waals surface area contributed by atoms with Crippen molar-refractivity contribution in [1.29, 1.82) is 0 Å². The first-order valence-corrected chi connectivity index (χ1v) is 6.93. The van der Waals surface area contributed by atoms with Crippen molar-refractivity contribution in [2.24, 2.45) is 5.73 Å². The zero-order valence-corrected chi connectivity index (χ0v) is 12.1. The van der Waals surface area contributed by atoms with Gasteiger partial charge < -0.3 is 15.2 Å². The maximum absolute atomic E-state index is 10.9. The van der Waals surface area contributed by atoms with Gasteiger partial charge in [-0.3, -0.25) is 9.69 Å². The standard InChI is InChI=1S/C13H17BrN2O3/c14-10-1-3-11(4-2-10)19-9-12-7-16(5-6-18-12)8-13(15)17/h1-4,12H,5-9H2,(H2,15,17)/t12-/m0/s1. The summed E-state index contributed by atoms with van der Waals surface area (Å²) in [5, 5.41) is 0. The number of carbonyl (C=O) groups excluding carboxylic acids is 1. The van der Waals surface area contributed by atoms with Gasteiger partial charge >= 0.3 is 0 Å². The van der Waals surface area contributed by atoms with Gasteiger partial charge in [0.25, 0.3) is 0 Å². The summed E-state index contributed by atoms with van der Waals surface area (Å²) in [5.74, 6) is 0.494. The van der Waals surface area contributed by atoms with E-state index in [4.69, 9.17) is 15.2 Å². The van der Waals surface area contributed by atoms with Gasteiger partial charge in [-0.25, -0.2) is 0 Å². The second kappa shape index (κ2) is 6.88. The topological polar surface area (TPSA) is 64.8 Å². The van der Waals surface area contributed by atoms with Crippen LogP contribution >= 0.6 is 15.9 Å². The van der Waals surface area contributed by atoms with Crippen LogP contribution < -0.4 is 10.5 Å². The summed E-state index contributed by atoms with van der Waals surface area (Å²) >= 11 is 3.37. The summed E-state index contributed by atoms with van der Waals surface area (Å²) in [6.07, 6.45) is -0.0308. The van der Waals surface area contributed by atoms with Crippen LogP contribution in [0.2, 0.25) is 0 Å². The Kier molecular flexibility index (Phi) is 5.18. The van der Waals surface area contributed by atoms with E-state index >= 15 is 0 Å². The van der Waals surface area contributed by atoms with E-state index < -0.39 is 0 Å². The number of halogens is 1. The van der Waals surface area contributed by atoms with Crippen molar-refractivity contribution in [3.05, 3.63) is 28.7 Å². The van der Waals surface area contributed by atoms with E-state index in [1.807, 2.05) is 29.2 Å². The number of ether oxygens (including phenoxy) is 2. The van der Waals surface area contributed by atoms with Crippen LogP contribution in [0.4, 0.5) is 0 Å². The molecule has 2 N–H and O–H groups in total. The number of amides is 1. The van der Waals surface area contributed by atoms with Gasteiger partial charge in [0.15, 0.2) is 0 Å². The Morgan fingerprint density at radius 3 is 2.89 bits per heavy atom. The monoisotopic (exact) mass is 328 g/mol.